The Hall–Kier alpha value is -3.18. The monoisotopic (exact) mass is 667 g/mol. The fourth-order valence-electron chi connectivity index (χ4n) is 5.80. The number of carbonyl (C=O) groups excluding carboxylic acids is 6. The minimum absolute atomic E-state index is 0.0416. The number of ether oxygens (including phenoxy) is 3. The van der Waals surface area contributed by atoms with Gasteiger partial charge in [0.1, 0.15) is 18.1 Å². The normalized spacial score (nSPS) is 27.4. The lowest BCUT2D eigenvalue weighted by Gasteiger charge is -2.38. The summed E-state index contributed by atoms with van der Waals surface area (Å²) in [6.07, 6.45) is -3.11. The lowest BCUT2D eigenvalue weighted by atomic mass is 9.96. The first-order chi connectivity index (χ1) is 21.6. The van der Waals surface area contributed by atoms with Crippen LogP contribution in [0.5, 0.6) is 0 Å². The molecule has 12 heteroatoms. The van der Waals surface area contributed by atoms with Crippen molar-refractivity contribution < 1.29 is 43.0 Å². The molecule has 1 fully saturated rings. The SMILES string of the molecule is CC[C@H](C)[C@H]1OC(=O)[C@H](C(C)C)N(C)C(=O)[C@@H](C(C)C)OC(=O)[C@H](CC(C)C)N(C)C(=O)[C@@H](C(C)C)OC(=O)[C@H](C(C)C)N(C)C1=O. The summed E-state index contributed by atoms with van der Waals surface area (Å²) in [6.45, 7) is 21.3. The lowest BCUT2D eigenvalue weighted by Crippen LogP contribution is -2.57. The molecule has 3 amide bonds. The molecule has 0 aromatic rings. The molecule has 0 radical (unpaired) electrons. The molecule has 0 unspecified atom stereocenters. The number of carbonyl (C=O) groups is 6. The highest BCUT2D eigenvalue weighted by Gasteiger charge is 2.45. The molecule has 270 valence electrons. The molecule has 0 N–H and O–H groups in total. The van der Waals surface area contributed by atoms with E-state index in [1.54, 1.807) is 62.3 Å². The number of rotatable bonds is 8. The van der Waals surface area contributed by atoms with Crippen molar-refractivity contribution in [3.05, 3.63) is 0 Å². The molecule has 7 atom stereocenters. The number of cyclic esters (lactones) is 3. The summed E-state index contributed by atoms with van der Waals surface area (Å²) in [6, 6.07) is -3.31. The zero-order valence-electron chi connectivity index (χ0n) is 31.4. The first-order valence-electron chi connectivity index (χ1n) is 17.0. The molecule has 0 aromatic heterocycles. The van der Waals surface area contributed by atoms with Crippen LogP contribution in [0.4, 0.5) is 0 Å². The van der Waals surface area contributed by atoms with Gasteiger partial charge in [-0.05, 0) is 42.4 Å². The molecule has 1 aliphatic rings. The standard InChI is InChI=1S/C35H61N3O9/c1-16-23(12)29-32(41)38(15)25(19(4)5)34(43)46-27(21(8)9)30(39)36(13)24(17-18(2)3)33(42)45-28(22(10)11)31(40)37(14)26(20(6)7)35(44)47-29/h18-29H,16-17H2,1-15H3/t23-,24-,25-,26-,27+,28+,29+/m0/s1. The van der Waals surface area contributed by atoms with Crippen LogP contribution in [0.2, 0.25) is 0 Å². The number of likely N-dealkylation sites (N-methyl/N-ethyl adjacent to an activating group) is 3. The van der Waals surface area contributed by atoms with E-state index in [1.807, 2.05) is 20.8 Å². The average Bonchev–Trinajstić information content (AvgIpc) is 2.96. The van der Waals surface area contributed by atoms with E-state index in [1.165, 1.54) is 35.8 Å². The highest BCUT2D eigenvalue weighted by Crippen LogP contribution is 2.25. The van der Waals surface area contributed by atoms with Crippen LogP contribution >= 0.6 is 0 Å². The minimum atomic E-state index is -1.28. The zero-order valence-corrected chi connectivity index (χ0v) is 31.4. The maximum absolute atomic E-state index is 14.0. The van der Waals surface area contributed by atoms with Crippen molar-refractivity contribution in [3.8, 4) is 0 Å². The highest BCUT2D eigenvalue weighted by atomic mass is 16.6. The van der Waals surface area contributed by atoms with Gasteiger partial charge in [-0.3, -0.25) is 14.4 Å². The molecule has 1 aliphatic heterocycles. The van der Waals surface area contributed by atoms with Crippen LogP contribution in [0.25, 0.3) is 0 Å². The van der Waals surface area contributed by atoms with Gasteiger partial charge in [0.05, 0.1) is 0 Å². The zero-order chi connectivity index (χ0) is 36.7. The summed E-state index contributed by atoms with van der Waals surface area (Å²) in [5, 5.41) is 0. The third kappa shape index (κ3) is 10.4. The Kier molecular flexibility index (Phi) is 15.9. The molecule has 0 spiro atoms. The van der Waals surface area contributed by atoms with Gasteiger partial charge >= 0.3 is 17.9 Å². The van der Waals surface area contributed by atoms with E-state index >= 15 is 0 Å². The van der Waals surface area contributed by atoms with Crippen LogP contribution in [-0.2, 0) is 43.0 Å². The van der Waals surface area contributed by atoms with E-state index in [9.17, 15) is 28.8 Å². The van der Waals surface area contributed by atoms with Crippen molar-refractivity contribution in [2.45, 2.75) is 132 Å². The molecular weight excluding hydrogens is 606 g/mol. The Morgan fingerprint density at radius 2 is 0.851 bits per heavy atom. The van der Waals surface area contributed by atoms with Crippen molar-refractivity contribution in [2.75, 3.05) is 21.1 Å². The molecule has 12 nitrogen and oxygen atoms in total. The topological polar surface area (TPSA) is 140 Å². The summed E-state index contributed by atoms with van der Waals surface area (Å²) in [5.41, 5.74) is 0. The molecule has 1 rings (SSSR count). The predicted molar refractivity (Wildman–Crippen MR) is 178 cm³/mol. The van der Waals surface area contributed by atoms with Crippen LogP contribution < -0.4 is 0 Å². The first-order valence-corrected chi connectivity index (χ1v) is 17.0. The molecule has 1 saturated heterocycles. The second-order valence-corrected chi connectivity index (χ2v) is 14.8. The molecule has 1 heterocycles. The number of esters is 3. The Morgan fingerprint density at radius 1 is 0.511 bits per heavy atom. The van der Waals surface area contributed by atoms with Crippen molar-refractivity contribution in [1.29, 1.82) is 0 Å². The van der Waals surface area contributed by atoms with E-state index in [-0.39, 0.29) is 12.3 Å². The summed E-state index contributed by atoms with van der Waals surface area (Å²) in [5.74, 6) is -6.48. The first kappa shape index (κ1) is 41.8. The summed E-state index contributed by atoms with van der Waals surface area (Å²) >= 11 is 0. The second kappa shape index (κ2) is 17.8. The third-order valence-electron chi connectivity index (χ3n) is 8.89. The minimum Gasteiger partial charge on any atom is -0.450 e. The smallest absolute Gasteiger partial charge is 0.329 e. The van der Waals surface area contributed by atoms with Crippen molar-refractivity contribution in [1.82, 2.24) is 14.7 Å². The number of amides is 3. The second-order valence-electron chi connectivity index (χ2n) is 14.8. The largest absolute Gasteiger partial charge is 0.450 e. The van der Waals surface area contributed by atoms with Gasteiger partial charge in [0.15, 0.2) is 18.3 Å². The Balaban J connectivity index is 3.98. The Labute approximate surface area is 282 Å². The molecule has 0 bridgehead atoms. The van der Waals surface area contributed by atoms with Gasteiger partial charge in [0.25, 0.3) is 17.7 Å². The van der Waals surface area contributed by atoms with Crippen molar-refractivity contribution >= 4 is 35.6 Å². The van der Waals surface area contributed by atoms with E-state index in [0.29, 0.717) is 6.42 Å². The maximum Gasteiger partial charge on any atom is 0.329 e. The quantitative estimate of drug-likeness (QED) is 0.278. The van der Waals surface area contributed by atoms with Crippen LogP contribution in [0, 0.1) is 35.5 Å². The average molecular weight is 668 g/mol. The molecular formula is C35H61N3O9. The summed E-state index contributed by atoms with van der Waals surface area (Å²) in [4.78, 5) is 87.1. The molecule has 0 aromatic carbocycles. The van der Waals surface area contributed by atoms with Crippen LogP contribution in [0.3, 0.4) is 0 Å². The number of hydrogen-bond donors (Lipinski definition) is 0. The van der Waals surface area contributed by atoms with E-state index in [2.05, 4.69) is 0 Å². The maximum atomic E-state index is 14.0. The van der Waals surface area contributed by atoms with Gasteiger partial charge in [-0.25, -0.2) is 14.4 Å². The van der Waals surface area contributed by atoms with E-state index in [0.717, 1.165) is 0 Å². The molecule has 0 aliphatic carbocycles. The van der Waals surface area contributed by atoms with Crippen LogP contribution in [0.1, 0.15) is 95.9 Å². The van der Waals surface area contributed by atoms with Gasteiger partial charge in [-0.15, -0.1) is 0 Å². The summed E-state index contributed by atoms with van der Waals surface area (Å²) in [7, 11) is 4.35. The number of nitrogens with zero attached hydrogens (tertiary/aromatic N) is 3. The van der Waals surface area contributed by atoms with Gasteiger partial charge < -0.3 is 28.9 Å². The van der Waals surface area contributed by atoms with E-state index in [4.69, 9.17) is 14.2 Å². The molecule has 47 heavy (non-hydrogen) atoms. The lowest BCUT2D eigenvalue weighted by molar-refractivity contribution is -0.181. The Bertz CT molecular complexity index is 1110. The van der Waals surface area contributed by atoms with E-state index < -0.39 is 102 Å². The number of hydrogen-bond acceptors (Lipinski definition) is 9. The van der Waals surface area contributed by atoms with Crippen molar-refractivity contribution in [2.24, 2.45) is 35.5 Å². The fourth-order valence-corrected chi connectivity index (χ4v) is 5.80. The van der Waals surface area contributed by atoms with Crippen LogP contribution in [0.15, 0.2) is 0 Å². The summed E-state index contributed by atoms with van der Waals surface area (Å²) < 4.78 is 17.6. The van der Waals surface area contributed by atoms with Gasteiger partial charge in [-0.2, -0.15) is 0 Å². The van der Waals surface area contributed by atoms with Gasteiger partial charge in [0, 0.05) is 27.1 Å². The third-order valence-corrected chi connectivity index (χ3v) is 8.89. The predicted octanol–water partition coefficient (Wildman–Crippen LogP) is 3.93. The van der Waals surface area contributed by atoms with Gasteiger partial charge in [0.2, 0.25) is 0 Å². The van der Waals surface area contributed by atoms with Crippen molar-refractivity contribution in [3.63, 3.8) is 0 Å². The highest BCUT2D eigenvalue weighted by molar-refractivity contribution is 5.94. The van der Waals surface area contributed by atoms with Crippen LogP contribution in [-0.4, -0.2) is 108 Å². The fraction of sp³-hybridized carbons (Fsp3) is 0.829. The van der Waals surface area contributed by atoms with Gasteiger partial charge in [-0.1, -0.05) is 83.1 Å². The Morgan fingerprint density at radius 3 is 1.19 bits per heavy atom. The molecule has 0 saturated carbocycles.